The van der Waals surface area contributed by atoms with E-state index in [2.05, 4.69) is 33.1 Å². The third-order valence-electron chi connectivity index (χ3n) is 2.68. The molecule has 16 heavy (non-hydrogen) atoms. The molecule has 0 spiro atoms. The lowest BCUT2D eigenvalue weighted by atomic mass is 9.93. The van der Waals surface area contributed by atoms with Crippen molar-refractivity contribution in [3.8, 4) is 0 Å². The predicted octanol–water partition coefficient (Wildman–Crippen LogP) is 2.58. The smallest absolute Gasteiger partial charge is 0.191 e. The van der Waals surface area contributed by atoms with Gasteiger partial charge in [-0.05, 0) is 30.7 Å². The number of hydrogen-bond acceptors (Lipinski definition) is 2. The first kappa shape index (κ1) is 13.8. The molecule has 1 saturated carbocycles. The van der Waals surface area contributed by atoms with Gasteiger partial charge in [-0.2, -0.15) is 0 Å². The first-order valence-electron chi connectivity index (χ1n) is 5.38. The molecule has 0 amide bonds. The molecule has 1 aromatic heterocycles. The summed E-state index contributed by atoms with van der Waals surface area (Å²) in [6, 6.07) is 4.84. The van der Waals surface area contributed by atoms with Crippen molar-refractivity contribution < 1.29 is 0 Å². The van der Waals surface area contributed by atoms with Crippen LogP contribution in [0.1, 0.15) is 24.1 Å². The number of guanidine groups is 1. The number of aliphatic imine (C=N–C) groups is 1. The van der Waals surface area contributed by atoms with Crippen LogP contribution in [0.3, 0.4) is 0 Å². The normalized spacial score (nSPS) is 16.2. The Labute approximate surface area is 118 Å². The van der Waals surface area contributed by atoms with Crippen molar-refractivity contribution in [3.63, 3.8) is 0 Å². The van der Waals surface area contributed by atoms with Crippen LogP contribution in [0.25, 0.3) is 0 Å². The fourth-order valence-electron chi connectivity index (χ4n) is 1.52. The van der Waals surface area contributed by atoms with Crippen LogP contribution in [0.5, 0.6) is 0 Å². The summed E-state index contributed by atoms with van der Waals surface area (Å²) < 4.78 is 0. The molecule has 1 aliphatic carbocycles. The Morgan fingerprint density at radius 3 is 2.88 bits per heavy atom. The van der Waals surface area contributed by atoms with Gasteiger partial charge in [0.1, 0.15) is 0 Å². The van der Waals surface area contributed by atoms with Gasteiger partial charge in [-0.3, -0.25) is 4.99 Å². The molecule has 1 fully saturated rings. The Morgan fingerprint density at radius 1 is 1.56 bits per heavy atom. The van der Waals surface area contributed by atoms with E-state index in [0.717, 1.165) is 12.5 Å². The quantitative estimate of drug-likeness (QED) is 0.499. The highest BCUT2D eigenvalue weighted by Crippen LogP contribution is 2.17. The first-order valence-corrected chi connectivity index (χ1v) is 6.26. The second-order valence-corrected chi connectivity index (χ2v) is 4.81. The number of halogens is 1. The Bertz CT molecular complexity index is 320. The van der Waals surface area contributed by atoms with Crippen molar-refractivity contribution in [3.05, 3.63) is 22.4 Å². The maximum absolute atomic E-state index is 4.21. The van der Waals surface area contributed by atoms with Crippen LogP contribution in [0, 0.1) is 0 Å². The van der Waals surface area contributed by atoms with Crippen molar-refractivity contribution in [2.45, 2.75) is 31.8 Å². The summed E-state index contributed by atoms with van der Waals surface area (Å²) in [5, 5.41) is 8.83. The largest absolute Gasteiger partial charge is 0.354 e. The van der Waals surface area contributed by atoms with Gasteiger partial charge in [0.15, 0.2) is 5.96 Å². The molecule has 3 nitrogen and oxygen atoms in total. The van der Waals surface area contributed by atoms with E-state index in [0.29, 0.717) is 6.04 Å². The molecule has 1 aliphatic rings. The molecule has 1 heterocycles. The molecule has 0 unspecified atom stereocenters. The zero-order chi connectivity index (χ0) is 10.5. The third-order valence-corrected chi connectivity index (χ3v) is 3.56. The lowest BCUT2D eigenvalue weighted by Crippen LogP contribution is -2.45. The molecule has 90 valence electrons. The van der Waals surface area contributed by atoms with Gasteiger partial charge in [-0.15, -0.1) is 35.3 Å². The van der Waals surface area contributed by atoms with Crippen molar-refractivity contribution in [1.29, 1.82) is 0 Å². The Kier molecular flexibility index (Phi) is 6.12. The van der Waals surface area contributed by atoms with Crippen molar-refractivity contribution in [1.82, 2.24) is 10.6 Å². The zero-order valence-electron chi connectivity index (χ0n) is 9.40. The minimum atomic E-state index is 0. The first-order chi connectivity index (χ1) is 7.38. The highest BCUT2D eigenvalue weighted by atomic mass is 127. The summed E-state index contributed by atoms with van der Waals surface area (Å²) in [4.78, 5) is 5.55. The molecule has 0 aliphatic heterocycles. The number of nitrogens with one attached hydrogen (secondary N) is 2. The SMILES string of the molecule is CN=C(NCc1cccs1)NC1CCC1.I. The van der Waals surface area contributed by atoms with E-state index in [-0.39, 0.29) is 24.0 Å². The number of thiophene rings is 1. The van der Waals surface area contributed by atoms with E-state index in [1.54, 1.807) is 11.3 Å². The van der Waals surface area contributed by atoms with Gasteiger partial charge >= 0.3 is 0 Å². The fraction of sp³-hybridized carbons (Fsp3) is 0.545. The van der Waals surface area contributed by atoms with Crippen LogP contribution in [0.4, 0.5) is 0 Å². The molecule has 0 bridgehead atoms. The predicted molar refractivity (Wildman–Crippen MR) is 80.7 cm³/mol. The molecule has 2 rings (SSSR count). The second kappa shape index (κ2) is 7.11. The lowest BCUT2D eigenvalue weighted by Gasteiger charge is -2.28. The number of rotatable bonds is 3. The number of nitrogens with zero attached hydrogens (tertiary/aromatic N) is 1. The Morgan fingerprint density at radius 2 is 2.38 bits per heavy atom. The van der Waals surface area contributed by atoms with Gasteiger partial charge in [-0.1, -0.05) is 6.07 Å². The summed E-state index contributed by atoms with van der Waals surface area (Å²) in [7, 11) is 1.82. The molecule has 0 atom stereocenters. The minimum Gasteiger partial charge on any atom is -0.354 e. The highest BCUT2D eigenvalue weighted by Gasteiger charge is 2.17. The van der Waals surface area contributed by atoms with E-state index in [1.807, 2.05) is 7.05 Å². The van der Waals surface area contributed by atoms with E-state index in [4.69, 9.17) is 0 Å². The van der Waals surface area contributed by atoms with Crippen molar-refractivity contribution in [2.75, 3.05) is 7.05 Å². The monoisotopic (exact) mass is 351 g/mol. The van der Waals surface area contributed by atoms with Gasteiger partial charge in [0.05, 0.1) is 6.54 Å². The van der Waals surface area contributed by atoms with Gasteiger partial charge in [-0.25, -0.2) is 0 Å². The fourth-order valence-corrected chi connectivity index (χ4v) is 2.17. The maximum Gasteiger partial charge on any atom is 0.191 e. The highest BCUT2D eigenvalue weighted by molar-refractivity contribution is 14.0. The second-order valence-electron chi connectivity index (χ2n) is 3.78. The molecular weight excluding hydrogens is 333 g/mol. The van der Waals surface area contributed by atoms with Crippen molar-refractivity contribution in [2.24, 2.45) is 4.99 Å². The van der Waals surface area contributed by atoms with Gasteiger partial charge in [0, 0.05) is 18.0 Å². The average Bonchev–Trinajstić information content (AvgIpc) is 2.68. The maximum atomic E-state index is 4.21. The minimum absolute atomic E-state index is 0. The van der Waals surface area contributed by atoms with Crippen LogP contribution < -0.4 is 10.6 Å². The summed E-state index contributed by atoms with van der Waals surface area (Å²) in [5.41, 5.74) is 0. The lowest BCUT2D eigenvalue weighted by molar-refractivity contribution is 0.380. The number of hydrogen-bond donors (Lipinski definition) is 2. The van der Waals surface area contributed by atoms with E-state index in [1.165, 1.54) is 24.1 Å². The molecule has 0 saturated heterocycles. The summed E-state index contributed by atoms with van der Waals surface area (Å²) in [5.74, 6) is 0.924. The van der Waals surface area contributed by atoms with E-state index in [9.17, 15) is 0 Å². The van der Waals surface area contributed by atoms with Crippen molar-refractivity contribution >= 4 is 41.3 Å². The van der Waals surface area contributed by atoms with E-state index >= 15 is 0 Å². The Hall–Kier alpha value is -0.300. The summed E-state index contributed by atoms with van der Waals surface area (Å²) >= 11 is 1.77. The summed E-state index contributed by atoms with van der Waals surface area (Å²) in [6.45, 7) is 0.865. The molecule has 5 heteroatoms. The standard InChI is InChI=1S/C11H17N3S.HI/c1-12-11(14-9-4-2-5-9)13-8-10-6-3-7-15-10;/h3,6-7,9H,2,4-5,8H2,1H3,(H2,12,13,14);1H. The van der Waals surface area contributed by atoms with Crippen LogP contribution in [0.2, 0.25) is 0 Å². The zero-order valence-corrected chi connectivity index (χ0v) is 12.5. The van der Waals surface area contributed by atoms with Crippen LogP contribution in [-0.4, -0.2) is 19.0 Å². The Balaban J connectivity index is 0.00000128. The summed E-state index contributed by atoms with van der Waals surface area (Å²) in [6.07, 6.45) is 3.90. The van der Waals surface area contributed by atoms with Crippen LogP contribution in [0.15, 0.2) is 22.5 Å². The molecule has 0 radical (unpaired) electrons. The van der Waals surface area contributed by atoms with Gasteiger partial charge in [0.2, 0.25) is 0 Å². The third kappa shape index (κ3) is 3.93. The average molecular weight is 351 g/mol. The topological polar surface area (TPSA) is 36.4 Å². The van der Waals surface area contributed by atoms with Crippen LogP contribution in [-0.2, 0) is 6.54 Å². The van der Waals surface area contributed by atoms with Gasteiger partial charge in [0.25, 0.3) is 0 Å². The van der Waals surface area contributed by atoms with E-state index < -0.39 is 0 Å². The molecule has 1 aromatic rings. The molecule has 0 aromatic carbocycles. The van der Waals surface area contributed by atoms with Crippen LogP contribution >= 0.6 is 35.3 Å². The van der Waals surface area contributed by atoms with Gasteiger partial charge < -0.3 is 10.6 Å². The molecule has 2 N–H and O–H groups in total. The molecular formula is C11H18IN3S.